The third-order valence-corrected chi connectivity index (χ3v) is 8.37. The summed E-state index contributed by atoms with van der Waals surface area (Å²) in [5.41, 5.74) is 2.44. The van der Waals surface area contributed by atoms with Crippen LogP contribution in [0.15, 0.2) is 0 Å². The van der Waals surface area contributed by atoms with Gasteiger partial charge in [-0.1, -0.05) is 34.1 Å². The zero-order chi connectivity index (χ0) is 13.0. The number of rotatable bonds is 1. The van der Waals surface area contributed by atoms with Gasteiger partial charge in [-0.05, 0) is 59.7 Å². The first-order chi connectivity index (χ1) is 8.27. The Morgan fingerprint density at radius 1 is 1.06 bits per heavy atom. The minimum atomic E-state index is 0.305. The van der Waals surface area contributed by atoms with E-state index in [1.807, 2.05) is 0 Å². The van der Waals surface area contributed by atoms with E-state index < -0.39 is 0 Å². The van der Waals surface area contributed by atoms with Gasteiger partial charge >= 0.3 is 0 Å². The Kier molecular flexibility index (Phi) is 1.77. The van der Waals surface area contributed by atoms with Crippen LogP contribution in [-0.2, 0) is 0 Å². The fourth-order valence-corrected chi connectivity index (χ4v) is 7.33. The standard InChI is InChI=1S/C17H28O/c1-13(2)6-5-7-14(3)9-16(11-18)10-15(16,4)12-8-17(12,13)14/h12,18H,5-11H2,1-4H3/t12-,14-,15+,16-,17-/m0/s1. The van der Waals surface area contributed by atoms with Crippen molar-refractivity contribution in [2.45, 2.75) is 66.2 Å². The molecule has 0 bridgehead atoms. The second kappa shape index (κ2) is 2.71. The molecule has 1 nitrogen and oxygen atoms in total. The van der Waals surface area contributed by atoms with Crippen molar-refractivity contribution in [2.75, 3.05) is 6.61 Å². The van der Waals surface area contributed by atoms with Crippen molar-refractivity contribution < 1.29 is 5.11 Å². The lowest BCUT2D eigenvalue weighted by Crippen LogP contribution is -2.51. The maximum Gasteiger partial charge on any atom is 0.0493 e. The Labute approximate surface area is 111 Å². The van der Waals surface area contributed by atoms with Gasteiger partial charge in [-0.25, -0.2) is 0 Å². The summed E-state index contributed by atoms with van der Waals surface area (Å²) in [7, 11) is 0. The molecule has 0 aromatic rings. The van der Waals surface area contributed by atoms with E-state index in [-0.39, 0.29) is 0 Å². The first kappa shape index (κ1) is 11.8. The highest BCUT2D eigenvalue weighted by atomic mass is 16.3. The highest BCUT2D eigenvalue weighted by Gasteiger charge is 2.87. The molecule has 1 heteroatoms. The van der Waals surface area contributed by atoms with Crippen molar-refractivity contribution in [1.29, 1.82) is 0 Å². The molecule has 0 heterocycles. The van der Waals surface area contributed by atoms with Gasteiger partial charge in [-0.15, -0.1) is 0 Å². The van der Waals surface area contributed by atoms with Crippen LogP contribution in [0, 0.1) is 33.0 Å². The van der Waals surface area contributed by atoms with Crippen LogP contribution in [0.5, 0.6) is 0 Å². The van der Waals surface area contributed by atoms with Crippen molar-refractivity contribution in [2.24, 2.45) is 33.0 Å². The molecule has 0 aliphatic heterocycles. The van der Waals surface area contributed by atoms with Gasteiger partial charge in [0.25, 0.3) is 0 Å². The highest BCUT2D eigenvalue weighted by molar-refractivity contribution is 5.35. The molecule has 0 radical (unpaired) electrons. The van der Waals surface area contributed by atoms with E-state index in [1.54, 1.807) is 0 Å². The molecule has 5 atom stereocenters. The maximum absolute atomic E-state index is 9.93. The van der Waals surface area contributed by atoms with Gasteiger partial charge in [0, 0.05) is 12.0 Å². The summed E-state index contributed by atoms with van der Waals surface area (Å²) >= 11 is 0. The first-order valence-electron chi connectivity index (χ1n) is 7.88. The van der Waals surface area contributed by atoms with E-state index in [0.29, 0.717) is 33.7 Å². The van der Waals surface area contributed by atoms with Gasteiger partial charge in [0.1, 0.15) is 0 Å². The van der Waals surface area contributed by atoms with Crippen LogP contribution in [0.1, 0.15) is 66.2 Å². The summed E-state index contributed by atoms with van der Waals surface area (Å²) in [5.74, 6) is 0.909. The number of aliphatic hydroxyl groups is 1. The van der Waals surface area contributed by atoms with Crippen molar-refractivity contribution in [1.82, 2.24) is 0 Å². The van der Waals surface area contributed by atoms with Crippen LogP contribution in [0.25, 0.3) is 0 Å². The summed E-state index contributed by atoms with van der Waals surface area (Å²) in [4.78, 5) is 0. The lowest BCUT2D eigenvalue weighted by Gasteiger charge is -2.57. The molecule has 0 aromatic carbocycles. The molecule has 4 rings (SSSR count). The number of hydrogen-bond acceptors (Lipinski definition) is 1. The fourth-order valence-electron chi connectivity index (χ4n) is 7.33. The zero-order valence-corrected chi connectivity index (χ0v) is 12.5. The molecule has 0 aromatic heterocycles. The van der Waals surface area contributed by atoms with E-state index in [1.165, 1.54) is 38.5 Å². The van der Waals surface area contributed by atoms with Gasteiger partial charge < -0.3 is 5.11 Å². The molecule has 0 saturated heterocycles. The van der Waals surface area contributed by atoms with E-state index in [9.17, 15) is 5.11 Å². The monoisotopic (exact) mass is 248 g/mol. The minimum absolute atomic E-state index is 0.305. The van der Waals surface area contributed by atoms with Crippen LogP contribution in [0.2, 0.25) is 0 Å². The summed E-state index contributed by atoms with van der Waals surface area (Å²) in [6.07, 6.45) is 8.28. The van der Waals surface area contributed by atoms with Gasteiger partial charge in [0.2, 0.25) is 0 Å². The molecule has 1 N–H and O–H groups in total. The van der Waals surface area contributed by atoms with E-state index in [2.05, 4.69) is 27.7 Å². The van der Waals surface area contributed by atoms with Crippen LogP contribution < -0.4 is 0 Å². The highest BCUT2D eigenvalue weighted by Crippen LogP contribution is 2.93. The van der Waals surface area contributed by atoms with Crippen molar-refractivity contribution in [3.8, 4) is 0 Å². The molecule has 4 saturated carbocycles. The lowest BCUT2D eigenvalue weighted by atomic mass is 9.47. The van der Waals surface area contributed by atoms with Gasteiger partial charge in [-0.3, -0.25) is 0 Å². The minimum Gasteiger partial charge on any atom is -0.396 e. The molecular formula is C17H28O. The molecule has 4 aliphatic carbocycles. The summed E-state index contributed by atoms with van der Waals surface area (Å²) < 4.78 is 0. The second-order valence-corrected chi connectivity index (χ2v) is 9.24. The van der Waals surface area contributed by atoms with E-state index in [4.69, 9.17) is 0 Å². The molecule has 0 amide bonds. The molecule has 4 aliphatic rings. The van der Waals surface area contributed by atoms with Crippen LogP contribution >= 0.6 is 0 Å². The zero-order valence-electron chi connectivity index (χ0n) is 12.5. The number of fused-ring (bicyclic) bond motifs is 2. The lowest BCUT2D eigenvalue weighted by molar-refractivity contribution is -0.0959. The van der Waals surface area contributed by atoms with E-state index >= 15 is 0 Å². The average molecular weight is 248 g/mol. The third kappa shape index (κ3) is 0.901. The number of hydrogen-bond donors (Lipinski definition) is 1. The molecule has 18 heavy (non-hydrogen) atoms. The van der Waals surface area contributed by atoms with Crippen LogP contribution in [0.4, 0.5) is 0 Å². The van der Waals surface area contributed by atoms with E-state index in [0.717, 1.165) is 5.92 Å². The topological polar surface area (TPSA) is 20.2 Å². The largest absolute Gasteiger partial charge is 0.396 e. The Hall–Kier alpha value is -0.0400. The Bertz CT molecular complexity index is 427. The summed E-state index contributed by atoms with van der Waals surface area (Å²) in [6.45, 7) is 10.5. The van der Waals surface area contributed by atoms with Crippen LogP contribution in [-0.4, -0.2) is 11.7 Å². The molecule has 1 spiro atoms. The van der Waals surface area contributed by atoms with Crippen LogP contribution in [0.3, 0.4) is 0 Å². The van der Waals surface area contributed by atoms with Crippen molar-refractivity contribution in [3.05, 3.63) is 0 Å². The predicted octanol–water partition coefficient (Wildman–Crippen LogP) is 4.00. The van der Waals surface area contributed by atoms with Gasteiger partial charge in [-0.2, -0.15) is 0 Å². The second-order valence-electron chi connectivity index (χ2n) is 9.24. The third-order valence-electron chi connectivity index (χ3n) is 8.37. The fraction of sp³-hybridized carbons (Fsp3) is 1.00. The Morgan fingerprint density at radius 3 is 2.44 bits per heavy atom. The predicted molar refractivity (Wildman–Crippen MR) is 73.1 cm³/mol. The van der Waals surface area contributed by atoms with Crippen molar-refractivity contribution in [3.63, 3.8) is 0 Å². The SMILES string of the molecule is CC1(C)CCC[C@@]2(C)C[C@@]3(CO)C[C@]3(C)[C@@H]3C[C@]312. The number of aliphatic hydroxyl groups excluding tert-OH is 1. The average Bonchev–Trinajstić information content (AvgIpc) is 3.10. The first-order valence-corrected chi connectivity index (χ1v) is 7.88. The molecular weight excluding hydrogens is 220 g/mol. The summed E-state index contributed by atoms with van der Waals surface area (Å²) in [6, 6.07) is 0. The molecule has 102 valence electrons. The van der Waals surface area contributed by atoms with Gasteiger partial charge in [0.15, 0.2) is 0 Å². The van der Waals surface area contributed by atoms with Crippen molar-refractivity contribution >= 4 is 0 Å². The quantitative estimate of drug-likeness (QED) is 0.743. The molecule has 4 fully saturated rings. The summed E-state index contributed by atoms with van der Waals surface area (Å²) in [5, 5.41) is 9.93. The Balaban J connectivity index is 1.82. The maximum atomic E-state index is 9.93. The van der Waals surface area contributed by atoms with Gasteiger partial charge in [0.05, 0.1) is 0 Å². The molecule has 0 unspecified atom stereocenters. The Morgan fingerprint density at radius 2 is 1.78 bits per heavy atom. The normalized spacial score (nSPS) is 63.5. The smallest absolute Gasteiger partial charge is 0.0493 e.